The molecule has 0 aromatic heterocycles. The molecule has 3 fully saturated rings. The standard InChI is InChI=1S/C18H25F3N4O2/c1-15(19)10-17(15)5-7-25(8-6-17)14(27)23-12(9-16(2,20)21)13(26)24-18(11-22)3-4-18/h12H,3-10H2,1-2H3,(H,23,27)(H,24,26)/t12-,15?/m0/s1. The lowest BCUT2D eigenvalue weighted by atomic mass is 9.90. The predicted molar refractivity (Wildman–Crippen MR) is 90.6 cm³/mol. The van der Waals surface area contributed by atoms with Crippen molar-refractivity contribution in [2.75, 3.05) is 13.1 Å². The van der Waals surface area contributed by atoms with Crippen molar-refractivity contribution in [2.24, 2.45) is 5.41 Å². The lowest BCUT2D eigenvalue weighted by Gasteiger charge is -2.34. The molecule has 3 rings (SSSR count). The van der Waals surface area contributed by atoms with Crippen LogP contribution in [0.2, 0.25) is 0 Å². The van der Waals surface area contributed by atoms with Crippen LogP contribution in [-0.2, 0) is 4.79 Å². The molecule has 3 amide bonds. The summed E-state index contributed by atoms with van der Waals surface area (Å²) in [6.07, 6.45) is 1.60. The van der Waals surface area contributed by atoms with Gasteiger partial charge in [-0.2, -0.15) is 5.26 Å². The number of urea groups is 1. The van der Waals surface area contributed by atoms with Gasteiger partial charge in [-0.15, -0.1) is 0 Å². The Hall–Kier alpha value is -1.98. The molecule has 9 heteroatoms. The topological polar surface area (TPSA) is 85.2 Å². The summed E-state index contributed by atoms with van der Waals surface area (Å²) in [5, 5.41) is 13.9. The molecule has 0 aromatic carbocycles. The molecule has 1 unspecified atom stereocenters. The van der Waals surface area contributed by atoms with E-state index < -0.39 is 41.5 Å². The van der Waals surface area contributed by atoms with Gasteiger partial charge in [0, 0.05) is 24.9 Å². The average Bonchev–Trinajstić information content (AvgIpc) is 3.43. The van der Waals surface area contributed by atoms with Crippen molar-refractivity contribution in [2.45, 2.75) is 75.5 Å². The van der Waals surface area contributed by atoms with Gasteiger partial charge >= 0.3 is 6.03 Å². The molecule has 6 nitrogen and oxygen atoms in total. The summed E-state index contributed by atoms with van der Waals surface area (Å²) < 4.78 is 41.1. The second-order valence-corrected chi connectivity index (χ2v) is 8.60. The van der Waals surface area contributed by atoms with Gasteiger partial charge in [-0.1, -0.05) is 0 Å². The molecule has 0 aromatic rings. The molecule has 1 heterocycles. The van der Waals surface area contributed by atoms with Gasteiger partial charge < -0.3 is 15.5 Å². The van der Waals surface area contributed by atoms with E-state index in [2.05, 4.69) is 10.6 Å². The molecule has 1 saturated heterocycles. The number of carbonyl (C=O) groups excluding carboxylic acids is 2. The van der Waals surface area contributed by atoms with E-state index in [9.17, 15) is 22.8 Å². The van der Waals surface area contributed by atoms with Crippen molar-refractivity contribution in [1.29, 1.82) is 5.26 Å². The van der Waals surface area contributed by atoms with E-state index in [0.29, 0.717) is 52.1 Å². The summed E-state index contributed by atoms with van der Waals surface area (Å²) in [6, 6.07) is -0.0887. The number of nitrogens with zero attached hydrogens (tertiary/aromatic N) is 2. The van der Waals surface area contributed by atoms with Gasteiger partial charge in [0.15, 0.2) is 0 Å². The molecule has 0 radical (unpaired) electrons. The van der Waals surface area contributed by atoms with Crippen molar-refractivity contribution in [3.8, 4) is 6.07 Å². The van der Waals surface area contributed by atoms with E-state index in [4.69, 9.17) is 5.26 Å². The highest BCUT2D eigenvalue weighted by Crippen LogP contribution is 2.64. The van der Waals surface area contributed by atoms with E-state index in [1.54, 1.807) is 6.92 Å². The highest BCUT2D eigenvalue weighted by atomic mass is 19.3. The monoisotopic (exact) mass is 386 g/mol. The zero-order valence-electron chi connectivity index (χ0n) is 15.6. The smallest absolute Gasteiger partial charge is 0.318 e. The lowest BCUT2D eigenvalue weighted by molar-refractivity contribution is -0.126. The zero-order chi connectivity index (χ0) is 20.1. The van der Waals surface area contributed by atoms with Crippen molar-refractivity contribution >= 4 is 11.9 Å². The first kappa shape index (κ1) is 19.8. The van der Waals surface area contributed by atoms with Crippen LogP contribution < -0.4 is 10.6 Å². The van der Waals surface area contributed by atoms with Crippen LogP contribution in [0.25, 0.3) is 0 Å². The van der Waals surface area contributed by atoms with Gasteiger partial charge in [-0.25, -0.2) is 18.0 Å². The van der Waals surface area contributed by atoms with Crippen LogP contribution in [0, 0.1) is 16.7 Å². The molecule has 1 aliphatic heterocycles. The summed E-state index contributed by atoms with van der Waals surface area (Å²) in [5.74, 6) is -3.94. The number of nitriles is 1. The second-order valence-electron chi connectivity index (χ2n) is 8.60. The van der Waals surface area contributed by atoms with Crippen molar-refractivity contribution < 1.29 is 22.8 Å². The Morgan fingerprint density at radius 1 is 1.26 bits per heavy atom. The molecular formula is C18H25F3N4O2. The number of rotatable bonds is 5. The van der Waals surface area contributed by atoms with Gasteiger partial charge in [-0.3, -0.25) is 4.79 Å². The molecule has 150 valence electrons. The number of halogens is 3. The molecule has 1 spiro atoms. The Morgan fingerprint density at radius 2 is 1.81 bits per heavy atom. The summed E-state index contributed by atoms with van der Waals surface area (Å²) in [5.41, 5.74) is -2.57. The summed E-state index contributed by atoms with van der Waals surface area (Å²) in [4.78, 5) is 26.3. The highest BCUT2D eigenvalue weighted by molar-refractivity contribution is 5.88. The van der Waals surface area contributed by atoms with Crippen molar-refractivity contribution in [3.63, 3.8) is 0 Å². The Labute approximate surface area is 156 Å². The summed E-state index contributed by atoms with van der Waals surface area (Å²) in [6.45, 7) is 2.89. The molecular weight excluding hydrogens is 361 g/mol. The fraction of sp³-hybridized carbons (Fsp3) is 0.833. The summed E-state index contributed by atoms with van der Waals surface area (Å²) in [7, 11) is 0. The first-order chi connectivity index (χ1) is 12.4. The van der Waals surface area contributed by atoms with Crippen LogP contribution in [0.5, 0.6) is 0 Å². The summed E-state index contributed by atoms with van der Waals surface area (Å²) >= 11 is 0. The zero-order valence-corrected chi connectivity index (χ0v) is 15.6. The predicted octanol–water partition coefficient (Wildman–Crippen LogP) is 2.50. The number of carbonyl (C=O) groups is 2. The van der Waals surface area contributed by atoms with E-state index in [1.807, 2.05) is 6.07 Å². The number of likely N-dealkylation sites (tertiary alicyclic amines) is 1. The fourth-order valence-corrected chi connectivity index (χ4v) is 3.95. The SMILES string of the molecule is CC(F)(F)C[C@H](NC(=O)N1CCC2(CC1)CC2(C)F)C(=O)NC1(C#N)CC1. The first-order valence-corrected chi connectivity index (χ1v) is 9.27. The van der Waals surface area contributed by atoms with Gasteiger partial charge in [-0.05, 0) is 46.0 Å². The van der Waals surface area contributed by atoms with E-state index in [-0.39, 0.29) is 5.41 Å². The quantitative estimate of drug-likeness (QED) is 0.761. The van der Waals surface area contributed by atoms with Crippen LogP contribution in [0.3, 0.4) is 0 Å². The largest absolute Gasteiger partial charge is 0.336 e. The van der Waals surface area contributed by atoms with Crippen LogP contribution in [-0.4, -0.2) is 53.1 Å². The molecule has 3 aliphatic rings. The molecule has 0 bridgehead atoms. The number of alkyl halides is 3. The van der Waals surface area contributed by atoms with Crippen LogP contribution >= 0.6 is 0 Å². The maximum atomic E-state index is 14.1. The Bertz CT molecular complexity index is 671. The van der Waals surface area contributed by atoms with Crippen LogP contribution in [0.4, 0.5) is 18.0 Å². The lowest BCUT2D eigenvalue weighted by Crippen LogP contribution is -2.55. The third kappa shape index (κ3) is 4.14. The molecule has 2 N–H and O–H groups in total. The Kier molecular flexibility index (Phi) is 4.60. The molecule has 27 heavy (non-hydrogen) atoms. The molecule has 2 saturated carbocycles. The Morgan fingerprint density at radius 3 is 2.22 bits per heavy atom. The fourth-order valence-electron chi connectivity index (χ4n) is 3.95. The Balaban J connectivity index is 1.59. The van der Waals surface area contributed by atoms with Crippen molar-refractivity contribution in [1.82, 2.24) is 15.5 Å². The minimum absolute atomic E-state index is 0.324. The number of nitrogens with one attached hydrogen (secondary N) is 2. The van der Waals surface area contributed by atoms with Gasteiger partial charge in [0.1, 0.15) is 17.2 Å². The van der Waals surface area contributed by atoms with Gasteiger partial charge in [0.05, 0.1) is 6.07 Å². The van der Waals surface area contributed by atoms with Crippen molar-refractivity contribution in [3.05, 3.63) is 0 Å². The second kappa shape index (κ2) is 6.28. The number of amides is 3. The number of hydrogen-bond acceptors (Lipinski definition) is 3. The molecule has 2 aliphatic carbocycles. The highest BCUT2D eigenvalue weighted by Gasteiger charge is 2.65. The minimum atomic E-state index is -3.16. The maximum absolute atomic E-state index is 14.1. The van der Waals surface area contributed by atoms with E-state index >= 15 is 0 Å². The maximum Gasteiger partial charge on any atom is 0.318 e. The van der Waals surface area contributed by atoms with Gasteiger partial charge in [0.2, 0.25) is 11.8 Å². The first-order valence-electron chi connectivity index (χ1n) is 9.27. The van der Waals surface area contributed by atoms with Gasteiger partial charge in [0.25, 0.3) is 0 Å². The average molecular weight is 386 g/mol. The number of hydrogen-bond donors (Lipinski definition) is 2. The van der Waals surface area contributed by atoms with Crippen LogP contribution in [0.15, 0.2) is 0 Å². The third-order valence-electron chi connectivity index (χ3n) is 6.16. The number of piperidine rings is 1. The van der Waals surface area contributed by atoms with Crippen LogP contribution in [0.1, 0.15) is 52.4 Å². The normalized spacial score (nSPS) is 28.8. The molecule has 2 atom stereocenters. The van der Waals surface area contributed by atoms with E-state index in [1.165, 1.54) is 4.90 Å². The minimum Gasteiger partial charge on any atom is -0.336 e. The third-order valence-corrected chi connectivity index (χ3v) is 6.16. The van der Waals surface area contributed by atoms with E-state index in [0.717, 1.165) is 0 Å².